The van der Waals surface area contributed by atoms with Crippen molar-refractivity contribution in [1.82, 2.24) is 20.1 Å². The van der Waals surface area contributed by atoms with Crippen LogP contribution in [-0.4, -0.2) is 27.2 Å². The number of pyridine rings is 1. The molecule has 0 saturated carbocycles. The maximum Gasteiger partial charge on any atom is 0.287 e. The maximum atomic E-state index is 12.5. The van der Waals surface area contributed by atoms with Gasteiger partial charge in [0.2, 0.25) is 0 Å². The second-order valence-corrected chi connectivity index (χ2v) is 6.73. The first-order valence-electron chi connectivity index (χ1n) is 9.32. The first-order valence-corrected chi connectivity index (χ1v) is 9.32. The summed E-state index contributed by atoms with van der Waals surface area (Å²) in [6, 6.07) is 13.8. The first kappa shape index (κ1) is 18.6. The third kappa shape index (κ3) is 3.67. The van der Waals surface area contributed by atoms with Gasteiger partial charge in [-0.1, -0.05) is 18.2 Å². The normalized spacial score (nSPS) is 11.0. The molecule has 3 aromatic heterocycles. The largest absolute Gasteiger partial charge is 0.451 e. The molecule has 0 spiro atoms. The number of carbonyl (C=O) groups excluding carboxylic acids is 1. The van der Waals surface area contributed by atoms with Gasteiger partial charge in [0, 0.05) is 24.5 Å². The van der Waals surface area contributed by atoms with Crippen molar-refractivity contribution in [2.24, 2.45) is 0 Å². The molecule has 0 radical (unpaired) electrons. The van der Waals surface area contributed by atoms with Crippen molar-refractivity contribution < 1.29 is 9.21 Å². The Hall–Kier alpha value is -3.74. The molecule has 1 aromatic carbocycles. The van der Waals surface area contributed by atoms with Crippen LogP contribution in [0.5, 0.6) is 0 Å². The van der Waals surface area contributed by atoms with E-state index in [0.29, 0.717) is 23.9 Å². The summed E-state index contributed by atoms with van der Waals surface area (Å²) in [5.74, 6) is 0.341. The van der Waals surface area contributed by atoms with Crippen LogP contribution in [-0.2, 0) is 6.42 Å². The maximum absolute atomic E-state index is 12.5. The van der Waals surface area contributed by atoms with Gasteiger partial charge >= 0.3 is 0 Å². The zero-order chi connectivity index (χ0) is 20.4. The standard InChI is InChI=1S/C22H20N4O3/c1-14-16(15(2)26(25-14)21-9-5-6-11-23-21)10-12-24-22(28)20-13-18(27)17-7-3-4-8-19(17)29-20/h3-9,11,13H,10,12H2,1-2H3,(H,24,28). The van der Waals surface area contributed by atoms with Crippen LogP contribution in [0.25, 0.3) is 16.8 Å². The highest BCUT2D eigenvalue weighted by Gasteiger charge is 2.15. The Morgan fingerprint density at radius 3 is 2.72 bits per heavy atom. The van der Waals surface area contributed by atoms with Gasteiger partial charge in [-0.15, -0.1) is 0 Å². The molecule has 29 heavy (non-hydrogen) atoms. The highest BCUT2D eigenvalue weighted by atomic mass is 16.3. The number of aromatic nitrogens is 3. The smallest absolute Gasteiger partial charge is 0.287 e. The lowest BCUT2D eigenvalue weighted by molar-refractivity contribution is 0.0927. The number of amides is 1. The second kappa shape index (κ2) is 7.71. The van der Waals surface area contributed by atoms with E-state index in [1.807, 2.05) is 32.0 Å². The number of benzene rings is 1. The predicted molar refractivity (Wildman–Crippen MR) is 109 cm³/mol. The lowest BCUT2D eigenvalue weighted by atomic mass is 10.1. The Labute approximate surface area is 167 Å². The molecule has 1 amide bonds. The average Bonchev–Trinajstić information content (AvgIpc) is 3.02. The minimum Gasteiger partial charge on any atom is -0.451 e. The van der Waals surface area contributed by atoms with Crippen molar-refractivity contribution in [2.45, 2.75) is 20.3 Å². The van der Waals surface area contributed by atoms with Crippen molar-refractivity contribution >= 4 is 16.9 Å². The van der Waals surface area contributed by atoms with Crippen LogP contribution in [0, 0.1) is 13.8 Å². The molecule has 7 nitrogen and oxygen atoms in total. The van der Waals surface area contributed by atoms with E-state index in [1.54, 1.807) is 35.1 Å². The Kier molecular flexibility index (Phi) is 4.95. The molecule has 7 heteroatoms. The quantitative estimate of drug-likeness (QED) is 0.568. The Morgan fingerprint density at radius 1 is 1.14 bits per heavy atom. The number of fused-ring (bicyclic) bond motifs is 1. The molecule has 0 atom stereocenters. The van der Waals surface area contributed by atoms with E-state index in [2.05, 4.69) is 15.4 Å². The van der Waals surface area contributed by atoms with Crippen LogP contribution >= 0.6 is 0 Å². The molecule has 1 N–H and O–H groups in total. The van der Waals surface area contributed by atoms with Gasteiger partial charge in [0.25, 0.3) is 5.91 Å². The van der Waals surface area contributed by atoms with Gasteiger partial charge in [0.1, 0.15) is 5.58 Å². The van der Waals surface area contributed by atoms with E-state index in [0.717, 1.165) is 22.8 Å². The number of carbonyl (C=O) groups is 1. The summed E-state index contributed by atoms with van der Waals surface area (Å²) in [5, 5.41) is 7.84. The summed E-state index contributed by atoms with van der Waals surface area (Å²) < 4.78 is 7.38. The van der Waals surface area contributed by atoms with Crippen LogP contribution in [0.15, 0.2) is 63.9 Å². The summed E-state index contributed by atoms with van der Waals surface area (Å²) in [7, 11) is 0. The van der Waals surface area contributed by atoms with E-state index < -0.39 is 5.91 Å². The third-order valence-corrected chi connectivity index (χ3v) is 4.83. The number of hydrogen-bond acceptors (Lipinski definition) is 5. The summed E-state index contributed by atoms with van der Waals surface area (Å²) in [6.07, 6.45) is 2.33. The number of nitrogens with zero attached hydrogens (tertiary/aromatic N) is 3. The number of hydrogen-bond donors (Lipinski definition) is 1. The van der Waals surface area contributed by atoms with Gasteiger partial charge in [-0.2, -0.15) is 5.10 Å². The van der Waals surface area contributed by atoms with Crippen molar-refractivity contribution in [3.05, 3.63) is 87.7 Å². The first-order chi connectivity index (χ1) is 14.0. The number of nitrogens with one attached hydrogen (secondary N) is 1. The van der Waals surface area contributed by atoms with Gasteiger partial charge in [-0.3, -0.25) is 9.59 Å². The molecule has 4 aromatic rings. The summed E-state index contributed by atoms with van der Waals surface area (Å²) >= 11 is 0. The lowest BCUT2D eigenvalue weighted by Crippen LogP contribution is -2.26. The van der Waals surface area contributed by atoms with E-state index >= 15 is 0 Å². The molecule has 146 valence electrons. The van der Waals surface area contributed by atoms with Crippen molar-refractivity contribution in [3.63, 3.8) is 0 Å². The van der Waals surface area contributed by atoms with Gasteiger partial charge < -0.3 is 9.73 Å². The summed E-state index contributed by atoms with van der Waals surface area (Å²) in [6.45, 7) is 4.31. The molecule has 0 aliphatic rings. The molecule has 0 aliphatic carbocycles. The molecule has 0 unspecified atom stereocenters. The van der Waals surface area contributed by atoms with Gasteiger partial charge in [-0.25, -0.2) is 9.67 Å². The monoisotopic (exact) mass is 388 g/mol. The highest BCUT2D eigenvalue weighted by molar-refractivity contribution is 5.93. The molecular formula is C22H20N4O3. The molecule has 4 rings (SSSR count). The summed E-state index contributed by atoms with van der Waals surface area (Å²) in [5.41, 5.74) is 3.08. The molecular weight excluding hydrogens is 368 g/mol. The van der Waals surface area contributed by atoms with Gasteiger partial charge in [0.15, 0.2) is 17.0 Å². The molecule has 0 fully saturated rings. The molecule has 0 aliphatic heterocycles. The SMILES string of the molecule is Cc1nn(-c2ccccn2)c(C)c1CCNC(=O)c1cc(=O)c2ccccc2o1. The molecule has 0 bridgehead atoms. The third-order valence-electron chi connectivity index (χ3n) is 4.83. The average molecular weight is 388 g/mol. The van der Waals surface area contributed by atoms with E-state index in [-0.39, 0.29) is 11.2 Å². The topological polar surface area (TPSA) is 90.0 Å². The van der Waals surface area contributed by atoms with Crippen molar-refractivity contribution in [2.75, 3.05) is 6.54 Å². The Bertz CT molecular complexity index is 1240. The fraction of sp³-hybridized carbons (Fsp3) is 0.182. The summed E-state index contributed by atoms with van der Waals surface area (Å²) in [4.78, 5) is 29.0. The lowest BCUT2D eigenvalue weighted by Gasteiger charge is -2.07. The van der Waals surface area contributed by atoms with Crippen molar-refractivity contribution in [3.8, 4) is 5.82 Å². The van der Waals surface area contributed by atoms with E-state index in [9.17, 15) is 9.59 Å². The molecule has 0 saturated heterocycles. The van der Waals surface area contributed by atoms with E-state index in [1.165, 1.54) is 6.07 Å². The van der Waals surface area contributed by atoms with Crippen molar-refractivity contribution in [1.29, 1.82) is 0 Å². The van der Waals surface area contributed by atoms with Crippen LogP contribution < -0.4 is 10.7 Å². The number of para-hydroxylation sites is 1. The van der Waals surface area contributed by atoms with E-state index in [4.69, 9.17) is 4.42 Å². The van der Waals surface area contributed by atoms with Crippen LogP contribution in [0.2, 0.25) is 0 Å². The van der Waals surface area contributed by atoms with Crippen LogP contribution in [0.3, 0.4) is 0 Å². The second-order valence-electron chi connectivity index (χ2n) is 6.73. The zero-order valence-electron chi connectivity index (χ0n) is 16.2. The van der Waals surface area contributed by atoms with Gasteiger partial charge in [0.05, 0.1) is 11.1 Å². The zero-order valence-corrected chi connectivity index (χ0v) is 16.2. The number of rotatable bonds is 5. The Balaban J connectivity index is 1.48. The predicted octanol–water partition coefficient (Wildman–Crippen LogP) is 2.96. The van der Waals surface area contributed by atoms with Crippen LogP contribution in [0.1, 0.15) is 27.5 Å². The Morgan fingerprint density at radius 2 is 1.93 bits per heavy atom. The fourth-order valence-corrected chi connectivity index (χ4v) is 3.34. The fourth-order valence-electron chi connectivity index (χ4n) is 3.34. The van der Waals surface area contributed by atoms with Gasteiger partial charge in [-0.05, 0) is 50.1 Å². The minimum atomic E-state index is -0.416. The number of aryl methyl sites for hydroxylation is 1. The minimum absolute atomic E-state index is 0.00586. The molecule has 3 heterocycles. The van der Waals surface area contributed by atoms with Crippen LogP contribution in [0.4, 0.5) is 0 Å². The highest BCUT2D eigenvalue weighted by Crippen LogP contribution is 2.17.